The number of amides is 3. The normalized spacial score (nSPS) is 14.1. The van der Waals surface area contributed by atoms with Crippen LogP contribution in [0.15, 0.2) is 42.5 Å². The summed E-state index contributed by atoms with van der Waals surface area (Å²) in [6, 6.07) is 11.6. The van der Waals surface area contributed by atoms with Crippen molar-refractivity contribution >= 4 is 35.1 Å². The summed E-state index contributed by atoms with van der Waals surface area (Å²) in [7, 11) is 0. The number of nitrogens with zero attached hydrogens (tertiary/aromatic N) is 2. The number of benzene rings is 2. The second-order valence-corrected chi connectivity index (χ2v) is 7.42. The molecule has 2 aromatic carbocycles. The van der Waals surface area contributed by atoms with Gasteiger partial charge in [-0.25, -0.2) is 5.01 Å². The second kappa shape index (κ2) is 8.57. The molecule has 3 rings (SSSR count). The molecule has 0 radical (unpaired) electrons. The highest BCUT2D eigenvalue weighted by Crippen LogP contribution is 2.22. The molecule has 0 spiro atoms. The largest absolute Gasteiger partial charge is 0.292 e. The molecule has 6 nitrogen and oxygen atoms in total. The van der Waals surface area contributed by atoms with Gasteiger partial charge in [0.15, 0.2) is 5.78 Å². The van der Waals surface area contributed by atoms with Crippen LogP contribution in [0.5, 0.6) is 0 Å². The van der Waals surface area contributed by atoms with Gasteiger partial charge in [0, 0.05) is 18.4 Å². The Bertz CT molecular complexity index is 986. The van der Waals surface area contributed by atoms with Crippen LogP contribution in [0.25, 0.3) is 0 Å². The first kappa shape index (κ1) is 20.7. The van der Waals surface area contributed by atoms with Crippen molar-refractivity contribution < 1.29 is 19.2 Å². The van der Waals surface area contributed by atoms with Crippen molar-refractivity contribution in [1.29, 1.82) is 0 Å². The van der Waals surface area contributed by atoms with E-state index in [4.69, 9.17) is 11.6 Å². The zero-order valence-corrected chi connectivity index (χ0v) is 17.0. The number of halogens is 1. The molecule has 0 saturated carbocycles. The summed E-state index contributed by atoms with van der Waals surface area (Å²) < 4.78 is 0. The lowest BCUT2D eigenvalue weighted by molar-refractivity contribution is -0.162. The van der Waals surface area contributed by atoms with Crippen LogP contribution in [0.3, 0.4) is 0 Å². The fourth-order valence-corrected chi connectivity index (χ4v) is 3.38. The Kier molecular flexibility index (Phi) is 6.13. The maximum Gasteiger partial charge on any atom is 0.274 e. The van der Waals surface area contributed by atoms with Crippen molar-refractivity contribution in [1.82, 2.24) is 10.0 Å². The van der Waals surface area contributed by atoms with Crippen molar-refractivity contribution in [3.63, 3.8) is 0 Å². The topological polar surface area (TPSA) is 74.8 Å². The van der Waals surface area contributed by atoms with Crippen molar-refractivity contribution in [2.45, 2.75) is 33.1 Å². The van der Waals surface area contributed by atoms with Crippen LogP contribution in [0.2, 0.25) is 5.02 Å². The van der Waals surface area contributed by atoms with Crippen LogP contribution in [0.4, 0.5) is 0 Å². The van der Waals surface area contributed by atoms with E-state index in [1.807, 2.05) is 19.9 Å². The third kappa shape index (κ3) is 4.38. The number of piperidine rings is 1. The smallest absolute Gasteiger partial charge is 0.274 e. The van der Waals surface area contributed by atoms with E-state index in [1.165, 1.54) is 12.1 Å². The molecule has 150 valence electrons. The summed E-state index contributed by atoms with van der Waals surface area (Å²) in [6.07, 6.45) is 0.694. The molecule has 29 heavy (non-hydrogen) atoms. The lowest BCUT2D eigenvalue weighted by Gasteiger charge is -2.35. The molecule has 2 aromatic rings. The predicted octanol–water partition coefficient (Wildman–Crippen LogP) is 3.74. The average molecular weight is 413 g/mol. The molecule has 7 heteroatoms. The predicted molar refractivity (Wildman–Crippen MR) is 108 cm³/mol. The van der Waals surface area contributed by atoms with E-state index in [2.05, 4.69) is 0 Å². The van der Waals surface area contributed by atoms with Gasteiger partial charge in [-0.15, -0.1) is 0 Å². The Morgan fingerprint density at radius 2 is 1.66 bits per heavy atom. The van der Waals surface area contributed by atoms with Gasteiger partial charge in [-0.2, -0.15) is 5.01 Å². The minimum Gasteiger partial charge on any atom is -0.292 e. The van der Waals surface area contributed by atoms with E-state index >= 15 is 0 Å². The van der Waals surface area contributed by atoms with Crippen LogP contribution in [-0.4, -0.2) is 40.1 Å². The molecule has 0 unspecified atom stereocenters. The van der Waals surface area contributed by atoms with Crippen LogP contribution in [0, 0.1) is 13.8 Å². The minimum atomic E-state index is -0.670. The first-order chi connectivity index (χ1) is 13.8. The van der Waals surface area contributed by atoms with E-state index in [1.54, 1.807) is 24.3 Å². The van der Waals surface area contributed by atoms with Crippen molar-refractivity contribution in [3.05, 3.63) is 69.7 Å². The lowest BCUT2D eigenvalue weighted by Crippen LogP contribution is -2.56. The standard InChI is InChI=1S/C22H21ClN2O4/c1-14-10-11-16(12-15(14)2)19(26)13-24(25-20(27)8-5-9-21(25)28)22(29)17-6-3-4-7-18(17)23/h3-4,6-7,10-12H,5,8-9,13H2,1-2H3. The first-order valence-corrected chi connectivity index (χ1v) is 9.70. The maximum absolute atomic E-state index is 13.2. The molecule has 1 heterocycles. The van der Waals surface area contributed by atoms with Crippen molar-refractivity contribution in [3.8, 4) is 0 Å². The molecule has 0 aliphatic carbocycles. The van der Waals surface area contributed by atoms with Gasteiger partial charge in [-0.05, 0) is 49.6 Å². The van der Waals surface area contributed by atoms with Gasteiger partial charge in [0.05, 0.1) is 10.6 Å². The minimum absolute atomic E-state index is 0.119. The number of carbonyl (C=O) groups is 4. The molecule has 1 fully saturated rings. The fourth-order valence-electron chi connectivity index (χ4n) is 3.16. The van der Waals surface area contributed by atoms with Crippen molar-refractivity contribution in [2.24, 2.45) is 0 Å². The third-order valence-corrected chi connectivity index (χ3v) is 5.29. The fraction of sp³-hybridized carbons (Fsp3) is 0.273. The van der Waals surface area contributed by atoms with E-state index in [0.717, 1.165) is 21.1 Å². The Morgan fingerprint density at radius 1 is 1.00 bits per heavy atom. The molecule has 1 saturated heterocycles. The Labute approximate surface area is 174 Å². The molecule has 1 aliphatic rings. The van der Waals surface area contributed by atoms with Gasteiger partial charge in [-0.3, -0.25) is 19.2 Å². The van der Waals surface area contributed by atoms with Crippen LogP contribution < -0.4 is 0 Å². The number of hydrazine groups is 1. The van der Waals surface area contributed by atoms with E-state index in [9.17, 15) is 19.2 Å². The maximum atomic E-state index is 13.2. The summed E-state index contributed by atoms with van der Waals surface area (Å²) in [5, 5.41) is 1.90. The van der Waals surface area contributed by atoms with E-state index in [-0.39, 0.29) is 29.2 Å². The third-order valence-electron chi connectivity index (χ3n) is 4.96. The molecule has 3 amide bonds. The molecular weight excluding hydrogens is 392 g/mol. The van der Waals surface area contributed by atoms with Crippen LogP contribution in [0.1, 0.15) is 51.1 Å². The first-order valence-electron chi connectivity index (χ1n) is 9.32. The zero-order valence-electron chi connectivity index (χ0n) is 16.3. The number of hydrogen-bond acceptors (Lipinski definition) is 4. The van der Waals surface area contributed by atoms with Gasteiger partial charge in [0.1, 0.15) is 6.54 Å². The molecule has 1 aliphatic heterocycles. The van der Waals surface area contributed by atoms with E-state index in [0.29, 0.717) is 12.0 Å². The highest BCUT2D eigenvalue weighted by Gasteiger charge is 2.36. The van der Waals surface area contributed by atoms with Gasteiger partial charge in [0.2, 0.25) is 11.8 Å². The summed E-state index contributed by atoms with van der Waals surface area (Å²) in [6.45, 7) is 3.38. The van der Waals surface area contributed by atoms with Gasteiger partial charge in [0.25, 0.3) is 5.91 Å². The van der Waals surface area contributed by atoms with Crippen molar-refractivity contribution in [2.75, 3.05) is 6.54 Å². The number of carbonyl (C=O) groups excluding carboxylic acids is 4. The number of imide groups is 1. The molecule has 0 bridgehead atoms. The number of hydrogen-bond donors (Lipinski definition) is 0. The Morgan fingerprint density at radius 3 is 2.28 bits per heavy atom. The number of ketones is 1. The lowest BCUT2D eigenvalue weighted by atomic mass is 10.0. The summed E-state index contributed by atoms with van der Waals surface area (Å²) in [4.78, 5) is 51.0. The average Bonchev–Trinajstić information content (AvgIpc) is 2.69. The zero-order chi connectivity index (χ0) is 21.1. The summed E-state index contributed by atoms with van der Waals surface area (Å²) in [5.74, 6) is -2.06. The Hall–Kier alpha value is -2.99. The number of rotatable bonds is 5. The van der Waals surface area contributed by atoms with Crippen LogP contribution in [-0.2, 0) is 9.59 Å². The molecule has 0 aromatic heterocycles. The van der Waals surface area contributed by atoms with E-state index < -0.39 is 24.3 Å². The molecule has 0 atom stereocenters. The SMILES string of the molecule is Cc1ccc(C(=O)CN(C(=O)c2ccccc2Cl)N2C(=O)CCCC2=O)cc1C. The highest BCUT2D eigenvalue weighted by atomic mass is 35.5. The summed E-state index contributed by atoms with van der Waals surface area (Å²) >= 11 is 6.15. The number of aryl methyl sites for hydroxylation is 2. The molecule has 0 N–H and O–H groups in total. The number of Topliss-reactive ketones (excluding diaryl/α,β-unsaturated/α-hetero) is 1. The highest BCUT2D eigenvalue weighted by molar-refractivity contribution is 6.34. The Balaban J connectivity index is 1.98. The summed E-state index contributed by atoms with van der Waals surface area (Å²) in [5.41, 5.74) is 2.49. The van der Waals surface area contributed by atoms with Gasteiger partial charge < -0.3 is 0 Å². The monoisotopic (exact) mass is 412 g/mol. The quantitative estimate of drug-likeness (QED) is 0.554. The van der Waals surface area contributed by atoms with Gasteiger partial charge in [-0.1, -0.05) is 35.9 Å². The molecular formula is C22H21ClN2O4. The second-order valence-electron chi connectivity index (χ2n) is 7.02. The van der Waals surface area contributed by atoms with Gasteiger partial charge >= 0.3 is 0 Å². The van der Waals surface area contributed by atoms with Crippen LogP contribution >= 0.6 is 11.6 Å².